The van der Waals surface area contributed by atoms with E-state index < -0.39 is 6.10 Å². The van der Waals surface area contributed by atoms with Gasteiger partial charge in [0.15, 0.2) is 6.10 Å². The molecule has 3 rings (SSSR count). The van der Waals surface area contributed by atoms with Gasteiger partial charge in [0.1, 0.15) is 17.0 Å². The monoisotopic (exact) mass is 378 g/mol. The summed E-state index contributed by atoms with van der Waals surface area (Å²) in [5, 5.41) is 3.79. The predicted octanol–water partition coefficient (Wildman–Crippen LogP) is 4.99. The van der Waals surface area contributed by atoms with E-state index in [1.165, 1.54) is 5.56 Å². The van der Waals surface area contributed by atoms with Crippen LogP contribution in [-0.2, 0) is 11.2 Å². The van der Waals surface area contributed by atoms with Crippen LogP contribution in [0.3, 0.4) is 0 Å². The van der Waals surface area contributed by atoms with Crippen LogP contribution in [0, 0.1) is 0 Å². The molecule has 0 aliphatic carbocycles. The number of nitrogens with zero attached hydrogens (tertiary/aromatic N) is 1. The molecule has 0 saturated carbocycles. The van der Waals surface area contributed by atoms with Crippen molar-refractivity contribution < 1.29 is 14.3 Å². The minimum absolute atomic E-state index is 0.216. The number of rotatable bonds is 8. The Labute approximate surface area is 165 Å². The van der Waals surface area contributed by atoms with Crippen LogP contribution < -0.4 is 14.8 Å². The third-order valence-electron chi connectivity index (χ3n) is 4.47. The number of carbonyl (C=O) groups excluding carboxylic acids is 1. The van der Waals surface area contributed by atoms with Crippen LogP contribution in [0.25, 0.3) is 10.9 Å². The number of benzene rings is 2. The van der Waals surface area contributed by atoms with E-state index in [1.54, 1.807) is 13.1 Å². The Morgan fingerprint density at radius 3 is 2.61 bits per heavy atom. The van der Waals surface area contributed by atoms with Gasteiger partial charge in [-0.3, -0.25) is 9.78 Å². The van der Waals surface area contributed by atoms with Crippen molar-refractivity contribution in [2.24, 2.45) is 0 Å². The van der Waals surface area contributed by atoms with Crippen LogP contribution in [0.5, 0.6) is 11.5 Å². The third kappa shape index (κ3) is 4.60. The highest BCUT2D eigenvalue weighted by atomic mass is 16.5. The second-order valence-corrected chi connectivity index (χ2v) is 6.61. The maximum atomic E-state index is 12.7. The Kier molecular flexibility index (Phi) is 6.48. The first-order chi connectivity index (χ1) is 13.6. The highest BCUT2D eigenvalue weighted by molar-refractivity contribution is 6.04. The van der Waals surface area contributed by atoms with Crippen molar-refractivity contribution in [1.29, 1.82) is 0 Å². The summed E-state index contributed by atoms with van der Waals surface area (Å²) < 4.78 is 11.6. The molecule has 5 heteroatoms. The zero-order chi connectivity index (χ0) is 19.9. The van der Waals surface area contributed by atoms with Crippen molar-refractivity contribution in [2.45, 2.75) is 39.7 Å². The van der Waals surface area contributed by atoms with Crippen molar-refractivity contribution in [1.82, 2.24) is 4.98 Å². The molecule has 0 bridgehead atoms. The molecule has 28 heavy (non-hydrogen) atoms. The van der Waals surface area contributed by atoms with Gasteiger partial charge in [0.25, 0.3) is 5.91 Å². The molecule has 0 saturated heterocycles. The maximum absolute atomic E-state index is 12.7. The van der Waals surface area contributed by atoms with Crippen molar-refractivity contribution in [2.75, 3.05) is 11.9 Å². The first-order valence-corrected chi connectivity index (χ1v) is 9.69. The van der Waals surface area contributed by atoms with Gasteiger partial charge >= 0.3 is 0 Å². The van der Waals surface area contributed by atoms with Gasteiger partial charge in [-0.05, 0) is 61.7 Å². The zero-order valence-corrected chi connectivity index (χ0v) is 16.6. The highest BCUT2D eigenvalue weighted by Crippen LogP contribution is 2.30. The predicted molar refractivity (Wildman–Crippen MR) is 112 cm³/mol. The Morgan fingerprint density at radius 2 is 1.89 bits per heavy atom. The number of carbonyl (C=O) groups is 1. The van der Waals surface area contributed by atoms with Gasteiger partial charge in [0.05, 0.1) is 12.3 Å². The fourth-order valence-corrected chi connectivity index (χ4v) is 2.88. The summed E-state index contributed by atoms with van der Waals surface area (Å²) in [6.07, 6.45) is 2.98. The van der Waals surface area contributed by atoms with Crippen molar-refractivity contribution in [3.63, 3.8) is 0 Å². The second kappa shape index (κ2) is 9.22. The molecule has 1 amide bonds. The van der Waals surface area contributed by atoms with Crippen molar-refractivity contribution in [3.8, 4) is 11.5 Å². The number of aryl methyl sites for hydroxylation is 1. The van der Waals surface area contributed by atoms with E-state index in [0.29, 0.717) is 18.0 Å². The van der Waals surface area contributed by atoms with Gasteiger partial charge in [-0.15, -0.1) is 0 Å². The Morgan fingerprint density at radius 1 is 1.11 bits per heavy atom. The van der Waals surface area contributed by atoms with Crippen LogP contribution in [-0.4, -0.2) is 23.6 Å². The topological polar surface area (TPSA) is 60.5 Å². The smallest absolute Gasteiger partial charge is 0.265 e. The molecule has 2 aromatic carbocycles. The number of anilines is 1. The van der Waals surface area contributed by atoms with Gasteiger partial charge in [-0.25, -0.2) is 0 Å². The molecule has 1 atom stereocenters. The first kappa shape index (κ1) is 19.7. The molecule has 5 nitrogen and oxygen atoms in total. The largest absolute Gasteiger partial charge is 0.491 e. The lowest BCUT2D eigenvalue weighted by molar-refractivity contribution is -0.122. The lowest BCUT2D eigenvalue weighted by Crippen LogP contribution is -2.30. The summed E-state index contributed by atoms with van der Waals surface area (Å²) in [6, 6.07) is 15.2. The number of amides is 1. The average Bonchev–Trinajstić information content (AvgIpc) is 2.73. The second-order valence-electron chi connectivity index (χ2n) is 6.61. The Balaban J connectivity index is 1.74. The molecule has 1 aromatic heterocycles. The summed E-state index contributed by atoms with van der Waals surface area (Å²) in [5.74, 6) is 1.18. The number of fused-ring (bicyclic) bond motifs is 1. The van der Waals surface area contributed by atoms with Crippen molar-refractivity contribution >= 4 is 22.5 Å². The van der Waals surface area contributed by atoms with E-state index in [9.17, 15) is 4.79 Å². The summed E-state index contributed by atoms with van der Waals surface area (Å²) in [5.41, 5.74) is 2.65. The molecule has 0 radical (unpaired) electrons. The summed E-state index contributed by atoms with van der Waals surface area (Å²) in [4.78, 5) is 17.1. The lowest BCUT2D eigenvalue weighted by Gasteiger charge is -2.16. The minimum Gasteiger partial charge on any atom is -0.491 e. The van der Waals surface area contributed by atoms with Crippen molar-refractivity contribution in [3.05, 3.63) is 60.3 Å². The number of hydrogen-bond donors (Lipinski definition) is 1. The number of nitrogens with one attached hydrogen (secondary N) is 1. The molecule has 0 fully saturated rings. The van der Waals surface area contributed by atoms with Gasteiger partial charge in [-0.2, -0.15) is 0 Å². The first-order valence-electron chi connectivity index (χ1n) is 9.69. The molecular formula is C23H26N2O3. The van der Waals surface area contributed by atoms with E-state index in [4.69, 9.17) is 9.47 Å². The molecule has 3 aromatic rings. The van der Waals surface area contributed by atoms with Crippen LogP contribution >= 0.6 is 0 Å². The van der Waals surface area contributed by atoms with E-state index in [-0.39, 0.29) is 5.91 Å². The fourth-order valence-electron chi connectivity index (χ4n) is 2.88. The quantitative estimate of drug-likeness (QED) is 0.600. The maximum Gasteiger partial charge on any atom is 0.265 e. The minimum atomic E-state index is -0.629. The van der Waals surface area contributed by atoms with E-state index >= 15 is 0 Å². The molecule has 0 spiro atoms. The molecule has 0 aliphatic heterocycles. The lowest BCUT2D eigenvalue weighted by atomic mass is 10.1. The fraction of sp³-hybridized carbons (Fsp3) is 0.304. The van der Waals surface area contributed by atoms with Gasteiger partial charge in [0, 0.05) is 11.6 Å². The number of ether oxygens (including phenoxy) is 2. The molecule has 146 valence electrons. The summed E-state index contributed by atoms with van der Waals surface area (Å²) in [6.45, 7) is 6.52. The summed E-state index contributed by atoms with van der Waals surface area (Å²) >= 11 is 0. The highest BCUT2D eigenvalue weighted by Gasteiger charge is 2.17. The Bertz CT molecular complexity index is 938. The SMILES string of the molecule is CCCOc1ccc(NC(=O)C(C)Oc2ccc(CC)cc2)c2cccnc12. The molecule has 0 aliphatic rings. The van der Waals surface area contributed by atoms with Gasteiger partial charge < -0.3 is 14.8 Å². The molecule has 1 N–H and O–H groups in total. The normalized spacial score (nSPS) is 11.8. The third-order valence-corrected chi connectivity index (χ3v) is 4.47. The van der Waals surface area contributed by atoms with Gasteiger partial charge in [-0.1, -0.05) is 26.0 Å². The number of aromatic nitrogens is 1. The Hall–Kier alpha value is -3.08. The van der Waals surface area contributed by atoms with E-state index in [2.05, 4.69) is 24.1 Å². The average molecular weight is 378 g/mol. The summed E-state index contributed by atoms with van der Waals surface area (Å²) in [7, 11) is 0. The molecule has 1 unspecified atom stereocenters. The number of pyridine rings is 1. The molecular weight excluding hydrogens is 352 g/mol. The molecule has 1 heterocycles. The standard InChI is InChI=1S/C23H26N2O3/c1-4-15-27-21-13-12-20(19-7-6-14-24-22(19)21)25-23(26)16(3)28-18-10-8-17(5-2)9-11-18/h6-14,16H,4-5,15H2,1-3H3,(H,25,26). The zero-order valence-electron chi connectivity index (χ0n) is 16.6. The van der Waals surface area contributed by atoms with Gasteiger partial charge in [0.2, 0.25) is 0 Å². The van der Waals surface area contributed by atoms with Crippen LogP contribution in [0.15, 0.2) is 54.7 Å². The van der Waals surface area contributed by atoms with E-state index in [0.717, 1.165) is 29.5 Å². The van der Waals surface area contributed by atoms with Crippen LogP contribution in [0.4, 0.5) is 5.69 Å². The van der Waals surface area contributed by atoms with Crippen LogP contribution in [0.1, 0.15) is 32.8 Å². The van der Waals surface area contributed by atoms with Crippen LogP contribution in [0.2, 0.25) is 0 Å². The number of hydrogen-bond acceptors (Lipinski definition) is 4. The van der Waals surface area contributed by atoms with E-state index in [1.807, 2.05) is 48.5 Å².